The van der Waals surface area contributed by atoms with Crippen molar-refractivity contribution < 1.29 is 18.7 Å². The topological polar surface area (TPSA) is 55.4 Å². The number of ether oxygens (including phenoxy) is 1. The molecule has 0 aromatic rings. The summed E-state index contributed by atoms with van der Waals surface area (Å²) in [5, 5.41) is 2.41. The first kappa shape index (κ1) is 23.0. The van der Waals surface area contributed by atoms with E-state index in [0.29, 0.717) is 0 Å². The fourth-order valence-electron chi connectivity index (χ4n) is 1.22. The van der Waals surface area contributed by atoms with Crippen molar-refractivity contribution in [2.45, 2.75) is 61.4 Å². The van der Waals surface area contributed by atoms with Gasteiger partial charge < -0.3 is 10.1 Å². The number of hydrogen-bond acceptors (Lipinski definition) is 3. The van der Waals surface area contributed by atoms with Crippen molar-refractivity contribution in [3.8, 4) is 0 Å². The highest BCUT2D eigenvalue weighted by Crippen LogP contribution is 2.19. The number of halogens is 1. The molecule has 4 nitrogen and oxygen atoms in total. The van der Waals surface area contributed by atoms with Crippen LogP contribution in [-0.2, 0) is 9.53 Å². The van der Waals surface area contributed by atoms with Crippen LogP contribution in [0.4, 0.5) is 9.18 Å². The van der Waals surface area contributed by atoms with Gasteiger partial charge in [0.25, 0.3) is 0 Å². The highest BCUT2D eigenvalue weighted by Gasteiger charge is 2.30. The maximum Gasteiger partial charge on any atom is 0.407 e. The average molecular weight is 279 g/mol. The van der Waals surface area contributed by atoms with Gasteiger partial charge in [-0.25, -0.2) is 9.18 Å². The molecule has 0 radical (unpaired) electrons. The molecule has 0 saturated heterocycles. The van der Waals surface area contributed by atoms with E-state index in [2.05, 4.69) is 10.1 Å². The first-order valence-electron chi connectivity index (χ1n) is 6.78. The van der Waals surface area contributed by atoms with Crippen LogP contribution in [0.1, 0.15) is 55.4 Å². The van der Waals surface area contributed by atoms with Gasteiger partial charge in [0.2, 0.25) is 0 Å². The van der Waals surface area contributed by atoms with Crippen molar-refractivity contribution in [1.82, 2.24) is 5.32 Å². The summed E-state index contributed by atoms with van der Waals surface area (Å²) in [6.45, 7) is 13.9. The van der Waals surface area contributed by atoms with Crippen molar-refractivity contribution in [3.05, 3.63) is 0 Å². The lowest BCUT2D eigenvalue weighted by Gasteiger charge is -2.28. The molecule has 1 N–H and O–H groups in total. The van der Waals surface area contributed by atoms with Gasteiger partial charge in [0, 0.05) is 0 Å². The second-order valence-corrected chi connectivity index (χ2v) is 4.38. The van der Waals surface area contributed by atoms with Crippen LogP contribution < -0.4 is 5.32 Å². The number of Topliss-reactive ketones (excluding diaryl/α,β-unsaturated/α-hetero) is 1. The number of hydrogen-bond donors (Lipinski definition) is 1. The highest BCUT2D eigenvalue weighted by molar-refractivity contribution is 5.86. The number of ketones is 1. The van der Waals surface area contributed by atoms with Crippen LogP contribution in [0.5, 0.6) is 0 Å². The Hall–Kier alpha value is -1.13. The van der Waals surface area contributed by atoms with Crippen molar-refractivity contribution in [3.63, 3.8) is 0 Å². The maximum atomic E-state index is 11.7. The molecule has 0 spiro atoms. The van der Waals surface area contributed by atoms with Gasteiger partial charge in [0.15, 0.2) is 5.78 Å². The standard InChI is InChI=1S/C10H18FNO3.2C2H6/c1-7(13)8(10(2,3)4)12-9(14)15-6-5-11;2*1-2/h8H,5-6H2,1-4H3,(H,12,14);2*1-2H3. The molecular formula is C14H30FNO3. The number of alkyl halides is 1. The minimum Gasteiger partial charge on any atom is -0.447 e. The summed E-state index contributed by atoms with van der Waals surface area (Å²) in [6, 6.07) is -0.621. The Bertz CT molecular complexity index is 237. The quantitative estimate of drug-likeness (QED) is 0.853. The molecule has 1 amide bonds. The fraction of sp³-hybridized carbons (Fsp3) is 0.857. The van der Waals surface area contributed by atoms with Crippen molar-refractivity contribution >= 4 is 11.9 Å². The molecule has 1 unspecified atom stereocenters. The summed E-state index contributed by atoms with van der Waals surface area (Å²) < 4.78 is 16.2. The fourth-order valence-corrected chi connectivity index (χ4v) is 1.22. The minimum absolute atomic E-state index is 0.153. The van der Waals surface area contributed by atoms with E-state index >= 15 is 0 Å². The second kappa shape index (κ2) is 13.3. The molecule has 0 aromatic heterocycles. The molecule has 0 heterocycles. The van der Waals surface area contributed by atoms with Gasteiger partial charge in [-0.1, -0.05) is 48.5 Å². The van der Waals surface area contributed by atoms with E-state index in [1.165, 1.54) is 6.92 Å². The van der Waals surface area contributed by atoms with E-state index in [9.17, 15) is 14.0 Å². The lowest BCUT2D eigenvalue weighted by molar-refractivity contribution is -0.121. The lowest BCUT2D eigenvalue weighted by Crippen LogP contribution is -2.48. The van der Waals surface area contributed by atoms with Gasteiger partial charge >= 0.3 is 6.09 Å². The molecule has 0 saturated carbocycles. The Labute approximate surface area is 117 Å². The molecular weight excluding hydrogens is 249 g/mol. The Balaban J connectivity index is -0.000000579. The van der Waals surface area contributed by atoms with Crippen LogP contribution in [0.3, 0.4) is 0 Å². The van der Waals surface area contributed by atoms with E-state index in [4.69, 9.17) is 0 Å². The molecule has 0 aliphatic rings. The van der Waals surface area contributed by atoms with E-state index in [1.54, 1.807) is 0 Å². The Morgan fingerprint density at radius 1 is 1.16 bits per heavy atom. The third-order valence-corrected chi connectivity index (χ3v) is 1.85. The smallest absolute Gasteiger partial charge is 0.407 e. The van der Waals surface area contributed by atoms with Crippen LogP contribution in [0.2, 0.25) is 0 Å². The molecule has 116 valence electrons. The minimum atomic E-state index is -0.761. The molecule has 1 atom stereocenters. The van der Waals surface area contributed by atoms with Crippen LogP contribution >= 0.6 is 0 Å². The molecule has 5 heteroatoms. The Morgan fingerprint density at radius 3 is 1.84 bits per heavy atom. The van der Waals surface area contributed by atoms with Gasteiger partial charge in [-0.05, 0) is 12.3 Å². The van der Waals surface area contributed by atoms with Crippen LogP contribution in [0.25, 0.3) is 0 Å². The highest BCUT2D eigenvalue weighted by atomic mass is 19.1. The zero-order valence-corrected chi connectivity index (χ0v) is 13.6. The lowest BCUT2D eigenvalue weighted by atomic mass is 9.85. The van der Waals surface area contributed by atoms with Gasteiger partial charge in [0.05, 0.1) is 6.04 Å². The van der Waals surface area contributed by atoms with Crippen LogP contribution in [0.15, 0.2) is 0 Å². The number of nitrogens with one attached hydrogen (secondary N) is 1. The van der Waals surface area contributed by atoms with E-state index in [0.717, 1.165) is 0 Å². The second-order valence-electron chi connectivity index (χ2n) is 4.38. The maximum absolute atomic E-state index is 11.7. The van der Waals surface area contributed by atoms with E-state index in [1.807, 2.05) is 48.5 Å². The van der Waals surface area contributed by atoms with Crippen LogP contribution in [0, 0.1) is 5.41 Å². The third kappa shape index (κ3) is 13.1. The van der Waals surface area contributed by atoms with Gasteiger partial charge in [-0.3, -0.25) is 4.79 Å². The SMILES string of the molecule is CC.CC.CC(=O)C(NC(=O)OCCF)C(C)(C)C. The molecule has 0 aromatic carbocycles. The normalized spacial score (nSPS) is 11.0. The molecule has 0 rings (SSSR count). The van der Waals surface area contributed by atoms with Gasteiger partial charge in [0.1, 0.15) is 13.3 Å². The first-order valence-corrected chi connectivity index (χ1v) is 6.78. The van der Waals surface area contributed by atoms with Crippen molar-refractivity contribution in [1.29, 1.82) is 0 Å². The molecule has 19 heavy (non-hydrogen) atoms. The van der Waals surface area contributed by atoms with Crippen molar-refractivity contribution in [2.24, 2.45) is 5.41 Å². The first-order chi connectivity index (χ1) is 8.79. The monoisotopic (exact) mass is 279 g/mol. The van der Waals surface area contributed by atoms with Gasteiger partial charge in [-0.2, -0.15) is 0 Å². The molecule has 0 aliphatic heterocycles. The van der Waals surface area contributed by atoms with Gasteiger partial charge in [-0.15, -0.1) is 0 Å². The Kier molecular flexibility index (Phi) is 16.1. The summed E-state index contributed by atoms with van der Waals surface area (Å²) in [4.78, 5) is 22.4. The predicted molar refractivity (Wildman–Crippen MR) is 77.1 cm³/mol. The largest absolute Gasteiger partial charge is 0.447 e. The summed E-state index contributed by atoms with van der Waals surface area (Å²) in [7, 11) is 0. The summed E-state index contributed by atoms with van der Waals surface area (Å²) >= 11 is 0. The van der Waals surface area contributed by atoms with E-state index < -0.39 is 18.8 Å². The molecule has 0 bridgehead atoms. The molecule has 0 aliphatic carbocycles. The number of carbonyl (C=O) groups excluding carboxylic acids is 2. The van der Waals surface area contributed by atoms with Crippen LogP contribution in [-0.4, -0.2) is 31.2 Å². The number of rotatable bonds is 4. The van der Waals surface area contributed by atoms with Crippen molar-refractivity contribution in [2.75, 3.05) is 13.3 Å². The van der Waals surface area contributed by atoms with E-state index in [-0.39, 0.29) is 17.8 Å². The Morgan fingerprint density at radius 2 is 1.58 bits per heavy atom. The average Bonchev–Trinajstić information content (AvgIpc) is 2.36. The summed E-state index contributed by atoms with van der Waals surface area (Å²) in [5.74, 6) is -0.153. The third-order valence-electron chi connectivity index (χ3n) is 1.85. The number of alkyl carbamates (subject to hydrolysis) is 1. The number of carbonyl (C=O) groups is 2. The summed E-state index contributed by atoms with van der Waals surface area (Å²) in [5.41, 5.74) is -0.388. The number of amides is 1. The predicted octanol–water partition coefficient (Wildman–Crippen LogP) is 3.74. The zero-order valence-electron chi connectivity index (χ0n) is 13.6. The zero-order chi connectivity index (χ0) is 16.1. The molecule has 0 fully saturated rings. The summed E-state index contributed by atoms with van der Waals surface area (Å²) in [6.07, 6.45) is -0.761.